The van der Waals surface area contributed by atoms with Crippen LogP contribution in [0.5, 0.6) is 0 Å². The Morgan fingerprint density at radius 2 is 1.87 bits per heavy atom. The van der Waals surface area contributed by atoms with Crippen molar-refractivity contribution < 1.29 is 14.3 Å². The quantitative estimate of drug-likeness (QED) is 0.860. The van der Waals surface area contributed by atoms with Crippen molar-refractivity contribution in [2.45, 2.75) is 27.2 Å². The Hall–Kier alpha value is -2.63. The fraction of sp³-hybridized carbons (Fsp3) is 0.353. The molecule has 6 heteroatoms. The van der Waals surface area contributed by atoms with Crippen molar-refractivity contribution in [2.24, 2.45) is 7.05 Å². The summed E-state index contributed by atoms with van der Waals surface area (Å²) in [4.78, 5) is 23.8. The number of hydrogen-bond donors (Lipinski definition) is 1. The summed E-state index contributed by atoms with van der Waals surface area (Å²) >= 11 is 0. The zero-order chi connectivity index (χ0) is 17.0. The molecule has 2 aromatic rings. The minimum Gasteiger partial charge on any atom is -0.462 e. The first-order chi connectivity index (χ1) is 10.9. The number of anilines is 1. The van der Waals surface area contributed by atoms with E-state index in [2.05, 4.69) is 10.4 Å². The zero-order valence-electron chi connectivity index (χ0n) is 13.8. The molecule has 1 N–H and O–H groups in total. The molecule has 0 saturated carbocycles. The number of esters is 1. The molecule has 23 heavy (non-hydrogen) atoms. The molecule has 0 atom stereocenters. The summed E-state index contributed by atoms with van der Waals surface area (Å²) < 4.78 is 6.69. The third kappa shape index (κ3) is 3.97. The maximum atomic E-state index is 12.2. The second-order valence-corrected chi connectivity index (χ2v) is 5.30. The van der Waals surface area contributed by atoms with E-state index in [1.54, 1.807) is 35.9 Å². The van der Waals surface area contributed by atoms with Crippen LogP contribution in [0.3, 0.4) is 0 Å². The topological polar surface area (TPSA) is 73.2 Å². The fourth-order valence-corrected chi connectivity index (χ4v) is 2.34. The highest BCUT2D eigenvalue weighted by molar-refractivity contribution is 5.94. The van der Waals surface area contributed by atoms with Crippen LogP contribution in [0.2, 0.25) is 0 Å². The standard InChI is InChI=1S/C17H21N3O3/c1-5-23-17(22)13-6-8-14(9-7-13)18-16(21)10-15-11(2)19-20(4)12(15)3/h6-9H,5,10H2,1-4H3,(H,18,21). The van der Waals surface area contributed by atoms with Crippen molar-refractivity contribution in [1.82, 2.24) is 9.78 Å². The van der Waals surface area contributed by atoms with Gasteiger partial charge in [-0.1, -0.05) is 0 Å². The van der Waals surface area contributed by atoms with Gasteiger partial charge in [-0.15, -0.1) is 0 Å². The van der Waals surface area contributed by atoms with E-state index >= 15 is 0 Å². The number of hydrogen-bond acceptors (Lipinski definition) is 4. The number of rotatable bonds is 5. The molecule has 2 rings (SSSR count). The van der Waals surface area contributed by atoms with E-state index in [4.69, 9.17) is 4.74 Å². The minimum absolute atomic E-state index is 0.118. The van der Waals surface area contributed by atoms with Crippen LogP contribution in [0.25, 0.3) is 0 Å². The number of nitrogens with one attached hydrogen (secondary N) is 1. The molecule has 1 heterocycles. The molecule has 122 valence electrons. The Morgan fingerprint density at radius 3 is 2.39 bits per heavy atom. The third-order valence-electron chi connectivity index (χ3n) is 3.68. The summed E-state index contributed by atoms with van der Waals surface area (Å²) in [6.07, 6.45) is 0.269. The Bertz CT molecular complexity index is 717. The number of aromatic nitrogens is 2. The Labute approximate surface area is 135 Å². The van der Waals surface area contributed by atoms with Gasteiger partial charge in [0.1, 0.15) is 0 Å². The zero-order valence-corrected chi connectivity index (χ0v) is 13.8. The molecule has 0 spiro atoms. The van der Waals surface area contributed by atoms with Gasteiger partial charge in [0.05, 0.1) is 24.3 Å². The third-order valence-corrected chi connectivity index (χ3v) is 3.68. The van der Waals surface area contributed by atoms with Crippen molar-refractivity contribution in [3.05, 3.63) is 46.8 Å². The molecule has 0 aliphatic heterocycles. The number of aryl methyl sites for hydroxylation is 2. The van der Waals surface area contributed by atoms with Crippen molar-refractivity contribution >= 4 is 17.6 Å². The lowest BCUT2D eigenvalue weighted by atomic mass is 10.1. The normalized spacial score (nSPS) is 10.4. The summed E-state index contributed by atoms with van der Waals surface area (Å²) in [7, 11) is 1.86. The lowest BCUT2D eigenvalue weighted by molar-refractivity contribution is -0.115. The lowest BCUT2D eigenvalue weighted by Gasteiger charge is -2.07. The smallest absolute Gasteiger partial charge is 0.338 e. The molecule has 0 bridgehead atoms. The maximum Gasteiger partial charge on any atom is 0.338 e. The average Bonchev–Trinajstić information content (AvgIpc) is 2.74. The van der Waals surface area contributed by atoms with Crippen LogP contribution in [0.1, 0.15) is 34.2 Å². The highest BCUT2D eigenvalue weighted by atomic mass is 16.5. The van der Waals surface area contributed by atoms with E-state index in [9.17, 15) is 9.59 Å². The van der Waals surface area contributed by atoms with Crippen LogP contribution in [-0.4, -0.2) is 28.3 Å². The number of carbonyl (C=O) groups excluding carboxylic acids is 2. The molecule has 1 aromatic carbocycles. The van der Waals surface area contributed by atoms with Gasteiger partial charge in [-0.25, -0.2) is 4.79 Å². The predicted octanol–water partition coefficient (Wildman–Crippen LogP) is 2.39. The first-order valence-electron chi connectivity index (χ1n) is 7.48. The van der Waals surface area contributed by atoms with E-state index in [0.717, 1.165) is 17.0 Å². The highest BCUT2D eigenvalue weighted by Gasteiger charge is 2.14. The first kappa shape index (κ1) is 16.7. The highest BCUT2D eigenvalue weighted by Crippen LogP contribution is 2.15. The summed E-state index contributed by atoms with van der Waals surface area (Å²) in [6, 6.07) is 6.64. The van der Waals surface area contributed by atoms with Gasteiger partial charge < -0.3 is 10.1 Å². The second-order valence-electron chi connectivity index (χ2n) is 5.30. The van der Waals surface area contributed by atoms with Crippen LogP contribution >= 0.6 is 0 Å². The Morgan fingerprint density at radius 1 is 1.22 bits per heavy atom. The summed E-state index contributed by atoms with van der Waals surface area (Å²) in [5.74, 6) is -0.486. The van der Waals surface area contributed by atoms with Crippen LogP contribution in [0, 0.1) is 13.8 Å². The Kier molecular flexibility index (Phi) is 5.16. The first-order valence-corrected chi connectivity index (χ1v) is 7.48. The average molecular weight is 315 g/mol. The van der Waals surface area contributed by atoms with Gasteiger partial charge in [0.15, 0.2) is 0 Å². The van der Waals surface area contributed by atoms with E-state index < -0.39 is 0 Å². The number of nitrogens with zero attached hydrogens (tertiary/aromatic N) is 2. The monoisotopic (exact) mass is 315 g/mol. The van der Waals surface area contributed by atoms with Crippen LogP contribution in [0.15, 0.2) is 24.3 Å². The second kappa shape index (κ2) is 7.09. The van der Waals surface area contributed by atoms with Gasteiger partial charge in [0.25, 0.3) is 0 Å². The van der Waals surface area contributed by atoms with Gasteiger partial charge in [-0.05, 0) is 45.0 Å². The van der Waals surface area contributed by atoms with Gasteiger partial charge in [-0.2, -0.15) is 5.10 Å². The Balaban J connectivity index is 2.01. The molecular formula is C17H21N3O3. The van der Waals surface area contributed by atoms with E-state index in [1.807, 2.05) is 20.9 Å². The van der Waals surface area contributed by atoms with Crippen molar-refractivity contribution in [3.63, 3.8) is 0 Å². The van der Waals surface area contributed by atoms with Crippen molar-refractivity contribution in [1.29, 1.82) is 0 Å². The molecule has 1 aromatic heterocycles. The predicted molar refractivity (Wildman–Crippen MR) is 87.4 cm³/mol. The van der Waals surface area contributed by atoms with E-state index in [0.29, 0.717) is 17.9 Å². The summed E-state index contributed by atoms with van der Waals surface area (Å²) in [6.45, 7) is 5.93. The van der Waals surface area contributed by atoms with Gasteiger partial charge >= 0.3 is 5.97 Å². The number of carbonyl (C=O) groups is 2. The van der Waals surface area contributed by atoms with Crippen LogP contribution in [0.4, 0.5) is 5.69 Å². The van der Waals surface area contributed by atoms with Gasteiger partial charge in [-0.3, -0.25) is 9.48 Å². The summed E-state index contributed by atoms with van der Waals surface area (Å²) in [5, 5.41) is 7.13. The summed E-state index contributed by atoms with van der Waals surface area (Å²) in [5.41, 5.74) is 3.88. The van der Waals surface area contributed by atoms with E-state index in [1.165, 1.54) is 0 Å². The SMILES string of the molecule is CCOC(=O)c1ccc(NC(=O)Cc2c(C)nn(C)c2C)cc1. The van der Waals surface area contributed by atoms with Crippen LogP contribution < -0.4 is 5.32 Å². The fourth-order valence-electron chi connectivity index (χ4n) is 2.34. The molecule has 0 radical (unpaired) electrons. The minimum atomic E-state index is -0.369. The molecule has 0 aliphatic rings. The van der Waals surface area contributed by atoms with Crippen molar-refractivity contribution in [2.75, 3.05) is 11.9 Å². The molecule has 0 aliphatic carbocycles. The van der Waals surface area contributed by atoms with Gasteiger partial charge in [0, 0.05) is 24.0 Å². The molecular weight excluding hydrogens is 294 g/mol. The molecule has 6 nitrogen and oxygen atoms in total. The van der Waals surface area contributed by atoms with Crippen LogP contribution in [-0.2, 0) is 23.0 Å². The molecule has 0 fully saturated rings. The molecule has 1 amide bonds. The van der Waals surface area contributed by atoms with Crippen molar-refractivity contribution in [3.8, 4) is 0 Å². The largest absolute Gasteiger partial charge is 0.462 e. The number of amides is 1. The number of ether oxygens (including phenoxy) is 1. The van der Waals surface area contributed by atoms with E-state index in [-0.39, 0.29) is 18.3 Å². The van der Waals surface area contributed by atoms with Gasteiger partial charge in [0.2, 0.25) is 5.91 Å². The molecule has 0 saturated heterocycles. The number of benzene rings is 1. The lowest BCUT2D eigenvalue weighted by Crippen LogP contribution is -2.15. The maximum absolute atomic E-state index is 12.2. The molecule has 0 unspecified atom stereocenters.